The largest absolute Gasteiger partial charge is 0.367 e. The fraction of sp³-hybridized carbons (Fsp3) is 0.368. The zero-order chi connectivity index (χ0) is 15.3. The third-order valence-electron chi connectivity index (χ3n) is 4.98. The average molecular weight is 295 g/mol. The van der Waals surface area contributed by atoms with Gasteiger partial charge in [0, 0.05) is 36.7 Å². The van der Waals surface area contributed by atoms with Gasteiger partial charge in [0.1, 0.15) is 0 Å². The Morgan fingerprint density at radius 2 is 1.73 bits per heavy atom. The first kappa shape index (κ1) is 14.8. The number of hydrogen-bond donors (Lipinski definition) is 3. The number of aromatic amines is 3. The second-order valence-corrected chi connectivity index (χ2v) is 6.15. The lowest BCUT2D eigenvalue weighted by atomic mass is 9.71. The Morgan fingerprint density at radius 1 is 0.909 bits per heavy atom. The first-order valence-corrected chi connectivity index (χ1v) is 8.19. The van der Waals surface area contributed by atoms with Crippen LogP contribution in [0, 0.1) is 0 Å². The van der Waals surface area contributed by atoms with Gasteiger partial charge in [0.15, 0.2) is 0 Å². The van der Waals surface area contributed by atoms with E-state index in [1.807, 2.05) is 18.6 Å². The molecule has 116 valence electrons. The maximum atomic E-state index is 3.34. The second kappa shape index (κ2) is 6.73. The van der Waals surface area contributed by atoms with Crippen LogP contribution in [0.4, 0.5) is 0 Å². The highest BCUT2D eigenvalue weighted by atomic mass is 14.7. The van der Waals surface area contributed by atoms with E-state index in [1.54, 1.807) is 0 Å². The lowest BCUT2D eigenvalue weighted by molar-refractivity contribution is 0.350. The first-order chi connectivity index (χ1) is 10.8. The van der Waals surface area contributed by atoms with Crippen LogP contribution in [-0.4, -0.2) is 15.0 Å². The van der Waals surface area contributed by atoms with Crippen molar-refractivity contribution in [3.05, 3.63) is 72.1 Å². The quantitative estimate of drug-likeness (QED) is 0.544. The van der Waals surface area contributed by atoms with Gasteiger partial charge in [-0.1, -0.05) is 6.92 Å². The van der Waals surface area contributed by atoms with Crippen molar-refractivity contribution in [2.75, 3.05) is 0 Å². The van der Waals surface area contributed by atoms with E-state index in [2.05, 4.69) is 58.5 Å². The molecule has 0 saturated heterocycles. The molecule has 0 fully saturated rings. The smallest absolute Gasteiger partial charge is 0.0147 e. The summed E-state index contributed by atoms with van der Waals surface area (Å²) >= 11 is 0. The summed E-state index contributed by atoms with van der Waals surface area (Å²) in [6.45, 7) is 2.32. The summed E-state index contributed by atoms with van der Waals surface area (Å²) in [6, 6.07) is 8.70. The van der Waals surface area contributed by atoms with E-state index in [1.165, 1.54) is 29.7 Å². The summed E-state index contributed by atoms with van der Waals surface area (Å²) in [5.74, 6) is 0. The van der Waals surface area contributed by atoms with Crippen molar-refractivity contribution in [2.45, 2.75) is 44.4 Å². The highest BCUT2D eigenvalue weighted by Gasteiger charge is 2.30. The van der Waals surface area contributed by atoms with Crippen LogP contribution in [0.3, 0.4) is 0 Å². The van der Waals surface area contributed by atoms with E-state index in [9.17, 15) is 0 Å². The molecule has 0 spiro atoms. The fourth-order valence-electron chi connectivity index (χ4n) is 3.42. The van der Waals surface area contributed by atoms with E-state index in [0.29, 0.717) is 0 Å². The number of H-pyrrole nitrogens is 3. The molecule has 1 atom stereocenters. The van der Waals surface area contributed by atoms with Crippen LogP contribution in [0.15, 0.2) is 55.2 Å². The van der Waals surface area contributed by atoms with Gasteiger partial charge in [0.05, 0.1) is 0 Å². The third kappa shape index (κ3) is 3.19. The fourth-order valence-corrected chi connectivity index (χ4v) is 3.42. The molecule has 0 amide bonds. The molecule has 3 rings (SSSR count). The lowest BCUT2D eigenvalue weighted by Gasteiger charge is -2.32. The third-order valence-corrected chi connectivity index (χ3v) is 4.98. The van der Waals surface area contributed by atoms with Gasteiger partial charge < -0.3 is 15.0 Å². The van der Waals surface area contributed by atoms with Crippen LogP contribution in [0.2, 0.25) is 0 Å². The van der Waals surface area contributed by atoms with Gasteiger partial charge in [-0.25, -0.2) is 0 Å². The minimum absolute atomic E-state index is 0.238. The van der Waals surface area contributed by atoms with Crippen LogP contribution in [0.5, 0.6) is 0 Å². The molecule has 0 aliphatic carbocycles. The second-order valence-electron chi connectivity index (χ2n) is 6.15. The Morgan fingerprint density at radius 3 is 2.36 bits per heavy atom. The van der Waals surface area contributed by atoms with Crippen molar-refractivity contribution in [2.24, 2.45) is 0 Å². The van der Waals surface area contributed by atoms with Gasteiger partial charge in [0.25, 0.3) is 0 Å². The van der Waals surface area contributed by atoms with Crippen LogP contribution < -0.4 is 0 Å². The van der Waals surface area contributed by atoms with Crippen molar-refractivity contribution in [3.8, 4) is 0 Å². The van der Waals surface area contributed by atoms with Crippen LogP contribution >= 0.6 is 0 Å². The van der Waals surface area contributed by atoms with E-state index in [4.69, 9.17) is 0 Å². The normalized spacial score (nSPS) is 14.0. The summed E-state index contributed by atoms with van der Waals surface area (Å²) in [6.07, 6.45) is 16.1. The summed E-state index contributed by atoms with van der Waals surface area (Å²) in [5, 5.41) is 0. The zero-order valence-electron chi connectivity index (χ0n) is 13.2. The topological polar surface area (TPSA) is 47.4 Å². The van der Waals surface area contributed by atoms with Gasteiger partial charge in [-0.3, -0.25) is 0 Å². The summed E-state index contributed by atoms with van der Waals surface area (Å²) in [4.78, 5) is 9.74. The molecule has 3 N–H and O–H groups in total. The molecule has 0 aliphatic rings. The van der Waals surface area contributed by atoms with Gasteiger partial charge in [-0.2, -0.15) is 0 Å². The van der Waals surface area contributed by atoms with Crippen molar-refractivity contribution < 1.29 is 0 Å². The molecule has 3 heteroatoms. The standard InChI is InChI=1S/C19H25N3/c1-2-19(17-8-13-21-15-17,9-5-16-7-12-20-14-16)10-6-18-4-3-11-22-18/h3-4,7-8,11-15,20-22H,2,5-6,9-10H2,1H3. The average Bonchev–Trinajstić information content (AvgIpc) is 3.31. The van der Waals surface area contributed by atoms with Gasteiger partial charge >= 0.3 is 0 Å². The Hall–Kier alpha value is -2.16. The maximum absolute atomic E-state index is 3.34. The molecule has 22 heavy (non-hydrogen) atoms. The minimum Gasteiger partial charge on any atom is -0.367 e. The highest BCUT2D eigenvalue weighted by molar-refractivity contribution is 5.24. The molecule has 3 aromatic rings. The Labute approximate surface area is 132 Å². The SMILES string of the molecule is CCC(CCc1cc[nH]c1)(CCc1ccc[nH]1)c1cc[nH]c1. The van der Waals surface area contributed by atoms with Crippen molar-refractivity contribution >= 4 is 0 Å². The minimum atomic E-state index is 0.238. The molecular weight excluding hydrogens is 270 g/mol. The molecule has 3 nitrogen and oxygen atoms in total. The molecule has 0 saturated carbocycles. The number of aromatic nitrogens is 3. The Bertz CT molecular complexity index is 595. The van der Waals surface area contributed by atoms with Gasteiger partial charge in [-0.05, 0) is 72.9 Å². The number of hydrogen-bond acceptors (Lipinski definition) is 0. The summed E-state index contributed by atoms with van der Waals surface area (Å²) < 4.78 is 0. The molecule has 3 heterocycles. The number of rotatable bonds is 8. The van der Waals surface area contributed by atoms with Crippen LogP contribution in [0.1, 0.15) is 43.0 Å². The van der Waals surface area contributed by atoms with E-state index in [0.717, 1.165) is 19.3 Å². The molecule has 0 aliphatic heterocycles. The molecule has 1 unspecified atom stereocenters. The predicted molar refractivity (Wildman–Crippen MR) is 91.0 cm³/mol. The van der Waals surface area contributed by atoms with Crippen molar-refractivity contribution in [3.63, 3.8) is 0 Å². The predicted octanol–water partition coefficient (Wildman–Crippen LogP) is 4.58. The first-order valence-electron chi connectivity index (χ1n) is 8.19. The van der Waals surface area contributed by atoms with Crippen LogP contribution in [-0.2, 0) is 18.3 Å². The summed E-state index contributed by atoms with van der Waals surface area (Å²) in [5.41, 5.74) is 4.41. The van der Waals surface area contributed by atoms with Crippen molar-refractivity contribution in [1.29, 1.82) is 0 Å². The highest BCUT2D eigenvalue weighted by Crippen LogP contribution is 2.37. The Balaban J connectivity index is 1.76. The molecule has 0 radical (unpaired) electrons. The molecule has 3 aromatic heterocycles. The monoisotopic (exact) mass is 295 g/mol. The Kier molecular flexibility index (Phi) is 4.52. The number of aryl methyl sites for hydroxylation is 2. The lowest BCUT2D eigenvalue weighted by Crippen LogP contribution is -2.26. The van der Waals surface area contributed by atoms with E-state index < -0.39 is 0 Å². The zero-order valence-corrected chi connectivity index (χ0v) is 13.2. The maximum Gasteiger partial charge on any atom is 0.0147 e. The van der Waals surface area contributed by atoms with Gasteiger partial charge in [-0.15, -0.1) is 0 Å². The number of nitrogens with one attached hydrogen (secondary N) is 3. The van der Waals surface area contributed by atoms with Crippen LogP contribution in [0.25, 0.3) is 0 Å². The molecule has 0 bridgehead atoms. The molecule has 0 aromatic carbocycles. The van der Waals surface area contributed by atoms with Gasteiger partial charge in [0.2, 0.25) is 0 Å². The molecular formula is C19H25N3. The van der Waals surface area contributed by atoms with E-state index in [-0.39, 0.29) is 5.41 Å². The van der Waals surface area contributed by atoms with Crippen molar-refractivity contribution in [1.82, 2.24) is 15.0 Å². The van der Waals surface area contributed by atoms with E-state index >= 15 is 0 Å². The summed E-state index contributed by atoms with van der Waals surface area (Å²) in [7, 11) is 0.